The van der Waals surface area contributed by atoms with Crippen LogP contribution in [0.25, 0.3) is 63.6 Å². The van der Waals surface area contributed by atoms with Gasteiger partial charge in [-0.2, -0.15) is 0 Å². The summed E-state index contributed by atoms with van der Waals surface area (Å²) in [5.74, 6) is -2.10. The maximum absolute atomic E-state index is 12.8. The summed E-state index contributed by atoms with van der Waals surface area (Å²) in [5, 5.41) is 14.3. The molecule has 84 heavy (non-hydrogen) atoms. The van der Waals surface area contributed by atoms with Gasteiger partial charge in [-0.15, -0.1) is 22.7 Å². The molecule has 3 aliphatic rings. The second-order valence-corrected chi connectivity index (χ2v) is 25.3. The smallest absolute Gasteiger partial charge is 0.345 e. The molecule has 8 aromatic heterocycles. The number of hydrogen-bond acceptors (Lipinski definition) is 22. The van der Waals surface area contributed by atoms with E-state index in [1.54, 1.807) is 71.0 Å². The molecular formula is C59H56N10O10S5. The first-order chi connectivity index (χ1) is 40.7. The number of fused-ring (bicyclic) bond motifs is 2. The lowest BCUT2D eigenvalue weighted by atomic mass is 10.2. The van der Waals surface area contributed by atoms with E-state index < -0.39 is 28.8 Å². The summed E-state index contributed by atoms with van der Waals surface area (Å²) >= 11 is 7.75. The molecule has 0 spiro atoms. The highest BCUT2D eigenvalue weighted by Gasteiger charge is 2.24. The number of ether oxygens (including phenoxy) is 2. The summed E-state index contributed by atoms with van der Waals surface area (Å²) in [6.45, 7) is 13.8. The van der Waals surface area contributed by atoms with Gasteiger partial charge in [0, 0.05) is 93.6 Å². The Kier molecular flexibility index (Phi) is 17.4. The fourth-order valence-corrected chi connectivity index (χ4v) is 14.6. The number of aromatic carboxylic acids is 1. The quantitative estimate of drug-likeness (QED) is 0.106. The molecular weight excluding hydrogens is 1170 g/mol. The molecule has 1 N–H and O–H groups in total. The van der Waals surface area contributed by atoms with E-state index in [-0.39, 0.29) is 35.3 Å². The van der Waals surface area contributed by atoms with E-state index in [0.29, 0.717) is 17.1 Å². The molecule has 10 aromatic rings. The largest absolute Gasteiger partial charge is 0.477 e. The zero-order valence-corrected chi connectivity index (χ0v) is 50.3. The first-order valence-electron chi connectivity index (χ1n) is 27.3. The number of anilines is 3. The summed E-state index contributed by atoms with van der Waals surface area (Å²) in [7, 11) is 0. The molecule has 20 nitrogen and oxygen atoms in total. The molecule has 3 aliphatic heterocycles. The molecule has 11 heterocycles. The van der Waals surface area contributed by atoms with Crippen LogP contribution >= 0.6 is 56.7 Å². The van der Waals surface area contributed by atoms with E-state index in [4.69, 9.17) is 13.9 Å². The Balaban J connectivity index is 0.000000134. The third-order valence-electron chi connectivity index (χ3n) is 14.0. The van der Waals surface area contributed by atoms with Gasteiger partial charge in [-0.05, 0) is 103 Å². The van der Waals surface area contributed by atoms with Crippen LogP contribution in [0.15, 0.2) is 111 Å². The number of thiazole rings is 5. The lowest BCUT2D eigenvalue weighted by Crippen LogP contribution is -2.20. The molecule has 0 amide bonds. The van der Waals surface area contributed by atoms with Crippen molar-refractivity contribution in [3.05, 3.63) is 149 Å². The van der Waals surface area contributed by atoms with Gasteiger partial charge in [-0.3, -0.25) is 14.4 Å². The predicted molar refractivity (Wildman–Crippen MR) is 331 cm³/mol. The van der Waals surface area contributed by atoms with Gasteiger partial charge < -0.3 is 42.8 Å². The lowest BCUT2D eigenvalue weighted by Gasteiger charge is -2.15. The van der Waals surface area contributed by atoms with Crippen LogP contribution in [-0.4, -0.2) is 110 Å². The topological polar surface area (TPSA) is 238 Å². The summed E-state index contributed by atoms with van der Waals surface area (Å²) in [4.78, 5) is 105. The average Bonchev–Trinajstić information content (AvgIpc) is 4.42. The van der Waals surface area contributed by atoms with Crippen LogP contribution < -0.4 is 31.0 Å². The third-order valence-corrected chi connectivity index (χ3v) is 19.1. The first kappa shape index (κ1) is 57.6. The van der Waals surface area contributed by atoms with E-state index in [0.717, 1.165) is 130 Å². The lowest BCUT2D eigenvalue weighted by molar-refractivity contribution is 0.0513. The molecule has 13 rings (SSSR count). The van der Waals surface area contributed by atoms with Crippen LogP contribution in [0.4, 0.5) is 15.4 Å². The summed E-state index contributed by atoms with van der Waals surface area (Å²) in [6.07, 6.45) is 16.4. The molecule has 0 radical (unpaired) electrons. The molecule has 0 bridgehead atoms. The number of aromatic nitrogens is 7. The molecule has 25 heteroatoms. The number of nitrogens with zero attached hydrogens (tertiary/aromatic N) is 10. The predicted octanol–water partition coefficient (Wildman–Crippen LogP) is 11.4. The zero-order chi connectivity index (χ0) is 58.6. The number of benzene rings is 2. The number of carbonyl (C=O) groups is 3. The van der Waals surface area contributed by atoms with Gasteiger partial charge in [-0.1, -0.05) is 34.0 Å². The van der Waals surface area contributed by atoms with Crippen molar-refractivity contribution in [2.45, 2.75) is 66.2 Å². The normalized spacial score (nSPS) is 14.0. The van der Waals surface area contributed by atoms with Crippen molar-refractivity contribution < 1.29 is 33.4 Å². The SMILES string of the molecule is CCOC(=O)c1cn(-c2ccc3nc(C)sc3c2)c(-c2cnc(N3CCCC3)s2)cc1=O.CCOC(=O)c1coc(-c2cnc(N3CCCC3)s2)cc1=O.Cc1nc2ccc(-n3cc(C(=O)O)c(=O)cc3-c3cnc(N4CCCC4)s3)cc2s1. The molecule has 432 valence electrons. The molecule has 0 atom stereocenters. The summed E-state index contributed by atoms with van der Waals surface area (Å²) in [5.41, 5.74) is 3.17. The van der Waals surface area contributed by atoms with Crippen molar-refractivity contribution in [2.24, 2.45) is 0 Å². The number of rotatable bonds is 13. The molecule has 3 saturated heterocycles. The van der Waals surface area contributed by atoms with E-state index >= 15 is 0 Å². The van der Waals surface area contributed by atoms with Crippen LogP contribution in [-0.2, 0) is 9.47 Å². The highest BCUT2D eigenvalue weighted by atomic mass is 32.1. The Morgan fingerprint density at radius 2 is 0.940 bits per heavy atom. The first-order valence-corrected chi connectivity index (χ1v) is 31.4. The van der Waals surface area contributed by atoms with Crippen molar-refractivity contribution in [2.75, 3.05) is 67.2 Å². The number of carboxylic acid groups (broad SMARTS) is 1. The molecule has 0 aliphatic carbocycles. The Hall–Kier alpha value is -8.23. The molecule has 3 fully saturated rings. The number of carboxylic acids is 1. The van der Waals surface area contributed by atoms with Crippen LogP contribution in [0.3, 0.4) is 0 Å². The highest BCUT2D eigenvalue weighted by Crippen LogP contribution is 2.37. The van der Waals surface area contributed by atoms with Crippen molar-refractivity contribution >= 4 is 110 Å². The summed E-state index contributed by atoms with van der Waals surface area (Å²) in [6, 6.07) is 15.9. The van der Waals surface area contributed by atoms with Crippen LogP contribution in [0.2, 0.25) is 0 Å². The number of carbonyl (C=O) groups excluding carboxylic acids is 2. The number of pyridine rings is 2. The molecule has 2 aromatic carbocycles. The van der Waals surface area contributed by atoms with E-state index in [1.165, 1.54) is 72.8 Å². The number of esters is 2. The second kappa shape index (κ2) is 25.3. The van der Waals surface area contributed by atoms with Gasteiger partial charge in [0.15, 0.2) is 31.7 Å². The van der Waals surface area contributed by atoms with Crippen LogP contribution in [0.5, 0.6) is 0 Å². The Morgan fingerprint density at radius 3 is 1.38 bits per heavy atom. The molecule has 0 unspecified atom stereocenters. The van der Waals surface area contributed by atoms with Gasteiger partial charge in [0.2, 0.25) is 0 Å². The van der Waals surface area contributed by atoms with Gasteiger partial charge in [0.1, 0.15) is 28.7 Å². The van der Waals surface area contributed by atoms with Crippen molar-refractivity contribution in [1.29, 1.82) is 0 Å². The summed E-state index contributed by atoms with van der Waals surface area (Å²) < 4.78 is 21.0. The van der Waals surface area contributed by atoms with Crippen molar-refractivity contribution in [1.82, 2.24) is 34.1 Å². The van der Waals surface area contributed by atoms with Gasteiger partial charge >= 0.3 is 17.9 Å². The van der Waals surface area contributed by atoms with Crippen LogP contribution in [0.1, 0.15) is 93.5 Å². The number of hydrogen-bond donors (Lipinski definition) is 1. The fourth-order valence-electron chi connectivity index (χ4n) is 9.96. The maximum atomic E-state index is 12.8. The standard InChI is InChI=1S/C23H22N4O3S2.C21H18N4O3S2.C15H16N2O4S/c1-3-30-22(29)16-13-27(15-6-7-17-20(10-15)31-14(2)25-17)18(11-19(16)28)21-12-24-23(32-21)26-8-4-5-9-26;1-12-23-15-5-4-13(8-18(15)29-12)25-11-14(20(27)28)17(26)9-16(25)19-10-22-21(30-19)24-6-2-3-7-24;1-2-20-14(19)10-9-21-12(7-11(10)18)13-8-16-15(22-13)17-5-3-4-6-17/h6-7,10-13H,3-5,8-9H2,1-2H3;4-5,8-11H,2-3,6-7H2,1H3,(H,27,28);7-9H,2-6H2,1H3. The van der Waals surface area contributed by atoms with Crippen molar-refractivity contribution in [3.8, 4) is 43.2 Å². The maximum Gasteiger partial charge on any atom is 0.345 e. The van der Waals surface area contributed by atoms with Gasteiger partial charge in [0.25, 0.3) is 0 Å². The highest BCUT2D eigenvalue weighted by molar-refractivity contribution is 7.20. The van der Waals surface area contributed by atoms with E-state index in [1.807, 2.05) is 61.0 Å². The monoisotopic (exact) mass is 1220 g/mol. The minimum absolute atomic E-state index is 0.0143. The van der Waals surface area contributed by atoms with Gasteiger partial charge in [-0.25, -0.2) is 39.3 Å². The zero-order valence-electron chi connectivity index (χ0n) is 46.2. The second-order valence-electron chi connectivity index (χ2n) is 19.8. The van der Waals surface area contributed by atoms with Crippen LogP contribution in [0, 0.1) is 13.8 Å². The number of aryl methyl sites for hydroxylation is 2. The Morgan fingerprint density at radius 1 is 0.536 bits per heavy atom. The Bertz CT molecular complexity index is 4270. The minimum Gasteiger partial charge on any atom is -0.477 e. The Labute approximate surface area is 500 Å². The third kappa shape index (κ3) is 12.5. The van der Waals surface area contributed by atoms with Crippen molar-refractivity contribution in [3.63, 3.8) is 0 Å². The minimum atomic E-state index is -1.24. The van der Waals surface area contributed by atoms with Gasteiger partial charge in [0.05, 0.1) is 75.9 Å². The van der Waals surface area contributed by atoms with E-state index in [9.17, 15) is 33.9 Å². The average molecular weight is 1230 g/mol. The fraction of sp³-hybridized carbons (Fsp3) is 0.305. The molecule has 0 saturated carbocycles. The van der Waals surface area contributed by atoms with E-state index in [2.05, 4.69) is 39.6 Å².